The standard InChI is InChI=1S/C25H36N6O5S/c1-30(2)21-10-4-8-19-18(21)7-5-11-22(19)37(34,35)29-20(9-6-14-28-25(26)27)23(32)31-15-12-17(13-16-31)24(33)36-3/h4-5,7-8,10-11,17,20,29H,6,9,12-16H2,1-3H3,(H4,26,27,28)/t20-/m0/s1. The van der Waals surface area contributed by atoms with Crippen LogP contribution in [0.3, 0.4) is 0 Å². The van der Waals surface area contributed by atoms with Crippen LogP contribution in [-0.4, -0.2) is 78.0 Å². The minimum absolute atomic E-state index is 0.0687. The van der Waals surface area contributed by atoms with Crippen LogP contribution < -0.4 is 21.1 Å². The van der Waals surface area contributed by atoms with E-state index in [0.29, 0.717) is 37.7 Å². The van der Waals surface area contributed by atoms with Crippen LogP contribution >= 0.6 is 0 Å². The number of guanidine groups is 1. The van der Waals surface area contributed by atoms with Gasteiger partial charge in [-0.2, -0.15) is 4.72 Å². The molecule has 0 aromatic heterocycles. The van der Waals surface area contributed by atoms with Crippen molar-refractivity contribution in [3.8, 4) is 0 Å². The summed E-state index contributed by atoms with van der Waals surface area (Å²) in [7, 11) is 1.06. The van der Waals surface area contributed by atoms with Crippen molar-refractivity contribution in [2.45, 2.75) is 36.6 Å². The maximum atomic E-state index is 13.6. The molecule has 1 heterocycles. The third kappa shape index (κ3) is 6.89. The van der Waals surface area contributed by atoms with E-state index in [2.05, 4.69) is 9.71 Å². The van der Waals surface area contributed by atoms with Gasteiger partial charge in [0.15, 0.2) is 5.96 Å². The predicted molar refractivity (Wildman–Crippen MR) is 144 cm³/mol. The lowest BCUT2D eigenvalue weighted by Gasteiger charge is -2.33. The number of methoxy groups -OCH3 is 1. The number of benzene rings is 2. The number of likely N-dealkylation sites (tertiary alicyclic amines) is 1. The molecule has 12 heteroatoms. The number of anilines is 1. The lowest BCUT2D eigenvalue weighted by molar-refractivity contribution is -0.149. The Morgan fingerprint density at radius 3 is 2.41 bits per heavy atom. The highest BCUT2D eigenvalue weighted by atomic mass is 32.2. The Hall–Kier alpha value is -3.38. The summed E-state index contributed by atoms with van der Waals surface area (Å²) in [6.07, 6.45) is 1.53. The van der Waals surface area contributed by atoms with Crippen molar-refractivity contribution in [3.63, 3.8) is 0 Å². The van der Waals surface area contributed by atoms with Crippen LogP contribution in [0.1, 0.15) is 25.7 Å². The molecule has 202 valence electrons. The van der Waals surface area contributed by atoms with Gasteiger partial charge in [0.1, 0.15) is 6.04 Å². The van der Waals surface area contributed by atoms with Crippen molar-refractivity contribution < 1.29 is 22.7 Å². The molecule has 0 saturated carbocycles. The number of sulfonamides is 1. The first-order valence-electron chi connectivity index (χ1n) is 12.2. The maximum absolute atomic E-state index is 13.6. The molecule has 0 spiro atoms. The predicted octanol–water partition coefficient (Wildman–Crippen LogP) is 1.02. The average Bonchev–Trinajstić information content (AvgIpc) is 2.88. The number of esters is 1. The molecule has 1 saturated heterocycles. The first-order chi connectivity index (χ1) is 17.5. The summed E-state index contributed by atoms with van der Waals surface area (Å²) in [5.74, 6) is -0.978. The summed E-state index contributed by atoms with van der Waals surface area (Å²) >= 11 is 0. The summed E-state index contributed by atoms with van der Waals surface area (Å²) in [5.41, 5.74) is 11.7. The number of nitrogens with two attached hydrogens (primary N) is 2. The number of nitrogens with one attached hydrogen (secondary N) is 1. The van der Waals surface area contributed by atoms with Gasteiger partial charge in [-0.3, -0.25) is 14.6 Å². The number of nitrogens with zero attached hydrogens (tertiary/aromatic N) is 3. The van der Waals surface area contributed by atoms with Crippen molar-refractivity contribution in [2.24, 2.45) is 22.4 Å². The number of aliphatic imine (C=N–C) groups is 1. The highest BCUT2D eigenvalue weighted by Gasteiger charge is 2.33. The van der Waals surface area contributed by atoms with Crippen molar-refractivity contribution in [3.05, 3.63) is 36.4 Å². The molecular weight excluding hydrogens is 496 g/mol. The summed E-state index contributed by atoms with van der Waals surface area (Å²) in [6.45, 7) is 0.940. The average molecular weight is 533 g/mol. The second kappa shape index (κ2) is 12.2. The second-order valence-electron chi connectivity index (χ2n) is 9.27. The molecule has 1 atom stereocenters. The molecular formula is C25H36N6O5S. The zero-order chi connectivity index (χ0) is 27.2. The molecule has 0 unspecified atom stereocenters. The number of fused-ring (bicyclic) bond motifs is 1. The van der Waals surface area contributed by atoms with E-state index in [0.717, 1.165) is 11.1 Å². The maximum Gasteiger partial charge on any atom is 0.308 e. The van der Waals surface area contributed by atoms with Gasteiger partial charge in [0.2, 0.25) is 15.9 Å². The zero-order valence-electron chi connectivity index (χ0n) is 21.5. The summed E-state index contributed by atoms with van der Waals surface area (Å²) < 4.78 is 34.7. The fraction of sp³-hybridized carbons (Fsp3) is 0.480. The van der Waals surface area contributed by atoms with Crippen LogP contribution in [0.4, 0.5) is 5.69 Å². The molecule has 37 heavy (non-hydrogen) atoms. The number of carbonyl (C=O) groups excluding carboxylic acids is 2. The fourth-order valence-electron chi connectivity index (χ4n) is 4.60. The summed E-state index contributed by atoms with van der Waals surface area (Å²) in [4.78, 5) is 32.9. The van der Waals surface area contributed by atoms with E-state index in [4.69, 9.17) is 16.2 Å². The van der Waals surface area contributed by atoms with Crippen LogP contribution in [-0.2, 0) is 24.3 Å². The van der Waals surface area contributed by atoms with Crippen molar-refractivity contribution in [1.29, 1.82) is 0 Å². The van der Waals surface area contributed by atoms with Crippen LogP contribution in [0.15, 0.2) is 46.3 Å². The second-order valence-corrected chi connectivity index (χ2v) is 11.0. The van der Waals surface area contributed by atoms with E-state index < -0.39 is 16.1 Å². The van der Waals surface area contributed by atoms with E-state index >= 15 is 0 Å². The zero-order valence-corrected chi connectivity index (χ0v) is 22.3. The number of piperidine rings is 1. The minimum atomic E-state index is -4.07. The molecule has 1 fully saturated rings. The topological polar surface area (TPSA) is 160 Å². The van der Waals surface area contributed by atoms with E-state index in [1.54, 1.807) is 23.1 Å². The lowest BCUT2D eigenvalue weighted by atomic mass is 9.96. The molecule has 1 aliphatic rings. The van der Waals surface area contributed by atoms with E-state index in [1.165, 1.54) is 13.2 Å². The summed E-state index contributed by atoms with van der Waals surface area (Å²) in [5, 5.41) is 1.35. The Kier molecular flexibility index (Phi) is 9.33. The van der Waals surface area contributed by atoms with Gasteiger partial charge in [0, 0.05) is 50.2 Å². The molecule has 1 aliphatic heterocycles. The number of rotatable bonds is 10. The highest BCUT2D eigenvalue weighted by molar-refractivity contribution is 7.89. The SMILES string of the molecule is COC(=O)C1CCN(C(=O)[C@H](CCCN=C(N)N)NS(=O)(=O)c2cccc3c(N(C)C)cccc23)CC1. The molecule has 1 amide bonds. The van der Waals surface area contributed by atoms with Crippen molar-refractivity contribution in [2.75, 3.05) is 45.7 Å². The summed E-state index contributed by atoms with van der Waals surface area (Å²) in [6, 6.07) is 9.56. The minimum Gasteiger partial charge on any atom is -0.469 e. The first kappa shape index (κ1) is 28.2. The van der Waals surface area contributed by atoms with Crippen LogP contribution in [0.2, 0.25) is 0 Å². The van der Waals surface area contributed by atoms with Gasteiger partial charge >= 0.3 is 5.97 Å². The third-order valence-corrected chi connectivity index (χ3v) is 8.04. The quantitative estimate of drug-likeness (QED) is 0.177. The largest absolute Gasteiger partial charge is 0.469 e. The molecule has 0 bridgehead atoms. The van der Waals surface area contributed by atoms with Gasteiger partial charge in [0.25, 0.3) is 0 Å². The van der Waals surface area contributed by atoms with E-state index in [1.807, 2.05) is 31.1 Å². The molecule has 2 aromatic rings. The van der Waals surface area contributed by atoms with Gasteiger partial charge in [-0.15, -0.1) is 0 Å². The van der Waals surface area contributed by atoms with Crippen LogP contribution in [0.25, 0.3) is 10.8 Å². The smallest absolute Gasteiger partial charge is 0.308 e. The van der Waals surface area contributed by atoms with Crippen LogP contribution in [0, 0.1) is 5.92 Å². The molecule has 0 radical (unpaired) electrons. The Balaban J connectivity index is 1.87. The number of hydrogen-bond donors (Lipinski definition) is 3. The Morgan fingerprint density at radius 1 is 1.14 bits per heavy atom. The Labute approximate surface area is 217 Å². The highest BCUT2D eigenvalue weighted by Crippen LogP contribution is 2.30. The van der Waals surface area contributed by atoms with Gasteiger partial charge < -0.3 is 26.0 Å². The van der Waals surface area contributed by atoms with Gasteiger partial charge in [0.05, 0.1) is 17.9 Å². The number of hydrogen-bond acceptors (Lipinski definition) is 7. The fourth-order valence-corrected chi connectivity index (χ4v) is 6.04. The third-order valence-electron chi connectivity index (χ3n) is 6.51. The normalized spacial score (nSPS) is 15.3. The number of ether oxygens (including phenoxy) is 1. The van der Waals surface area contributed by atoms with Crippen molar-refractivity contribution in [1.82, 2.24) is 9.62 Å². The van der Waals surface area contributed by atoms with Gasteiger partial charge in [-0.1, -0.05) is 24.3 Å². The molecule has 11 nitrogen and oxygen atoms in total. The monoisotopic (exact) mass is 532 g/mol. The number of carbonyl (C=O) groups is 2. The first-order valence-corrected chi connectivity index (χ1v) is 13.7. The Bertz CT molecular complexity index is 1250. The molecule has 3 rings (SSSR count). The van der Waals surface area contributed by atoms with Crippen molar-refractivity contribution >= 4 is 44.3 Å². The number of amides is 1. The molecule has 2 aromatic carbocycles. The van der Waals surface area contributed by atoms with E-state index in [-0.39, 0.29) is 41.6 Å². The van der Waals surface area contributed by atoms with Crippen LogP contribution in [0.5, 0.6) is 0 Å². The Morgan fingerprint density at radius 2 is 1.78 bits per heavy atom. The molecule has 0 aliphatic carbocycles. The van der Waals surface area contributed by atoms with E-state index in [9.17, 15) is 18.0 Å². The lowest BCUT2D eigenvalue weighted by Crippen LogP contribution is -2.51. The molecule has 5 N–H and O–H groups in total. The van der Waals surface area contributed by atoms with Gasteiger partial charge in [-0.05, 0) is 37.8 Å². The van der Waals surface area contributed by atoms with Gasteiger partial charge in [-0.25, -0.2) is 8.42 Å².